The second kappa shape index (κ2) is 6.38. The zero-order chi connectivity index (χ0) is 10.3. The summed E-state index contributed by atoms with van der Waals surface area (Å²) in [5, 5.41) is 8.60. The van der Waals surface area contributed by atoms with E-state index in [0.717, 1.165) is 19.3 Å². The third kappa shape index (κ3) is 4.40. The molecule has 14 heavy (non-hydrogen) atoms. The molecule has 1 fully saturated rings. The molecule has 0 radical (unpaired) electrons. The Hall–Kier alpha value is -0.120. The number of hydrogen-bond donors (Lipinski definition) is 2. The van der Waals surface area contributed by atoms with E-state index < -0.39 is 0 Å². The van der Waals surface area contributed by atoms with Crippen molar-refractivity contribution in [1.82, 2.24) is 0 Å². The molecule has 0 bridgehead atoms. The number of aliphatic hydroxyl groups excluding tert-OH is 1. The minimum Gasteiger partial charge on any atom is -0.396 e. The molecule has 1 aliphatic carbocycles. The van der Waals surface area contributed by atoms with Crippen LogP contribution in [0.25, 0.3) is 0 Å². The fraction of sp³-hybridized carbons (Fsp3) is 1.00. The highest BCUT2D eigenvalue weighted by Gasteiger charge is 2.26. The van der Waals surface area contributed by atoms with Gasteiger partial charge >= 0.3 is 0 Å². The molecule has 1 saturated carbocycles. The molecular formula is C11H23NO2. The van der Waals surface area contributed by atoms with Crippen LogP contribution in [0.4, 0.5) is 0 Å². The molecule has 0 aromatic heterocycles. The molecule has 0 heterocycles. The van der Waals surface area contributed by atoms with Gasteiger partial charge in [0.15, 0.2) is 0 Å². The van der Waals surface area contributed by atoms with Crippen LogP contribution in [0.5, 0.6) is 0 Å². The maximum absolute atomic E-state index is 8.60. The van der Waals surface area contributed by atoms with Crippen molar-refractivity contribution >= 4 is 0 Å². The lowest BCUT2D eigenvalue weighted by molar-refractivity contribution is 0.0680. The Balaban J connectivity index is 2.17. The number of aliphatic hydroxyl groups is 1. The van der Waals surface area contributed by atoms with E-state index in [2.05, 4.69) is 0 Å². The standard InChI is InChI=1S/C11H23NO2/c12-11(10-14-9-5-8-13)6-3-1-2-4-7-11/h13H,1-10,12H2. The van der Waals surface area contributed by atoms with Gasteiger partial charge in [-0.2, -0.15) is 0 Å². The first kappa shape index (κ1) is 12.0. The third-order valence-corrected chi connectivity index (χ3v) is 2.94. The summed E-state index contributed by atoms with van der Waals surface area (Å²) in [5.41, 5.74) is 6.16. The van der Waals surface area contributed by atoms with Crippen molar-refractivity contribution in [3.63, 3.8) is 0 Å². The molecule has 3 heteroatoms. The van der Waals surface area contributed by atoms with Gasteiger partial charge in [-0.25, -0.2) is 0 Å². The Morgan fingerprint density at radius 1 is 1.14 bits per heavy atom. The lowest BCUT2D eigenvalue weighted by atomic mass is 9.93. The van der Waals surface area contributed by atoms with Crippen molar-refractivity contribution in [1.29, 1.82) is 0 Å². The van der Waals surface area contributed by atoms with Crippen LogP contribution in [-0.2, 0) is 4.74 Å². The maximum atomic E-state index is 8.60. The highest BCUT2D eigenvalue weighted by atomic mass is 16.5. The summed E-state index contributed by atoms with van der Waals surface area (Å²) < 4.78 is 5.49. The first-order valence-electron chi connectivity index (χ1n) is 5.74. The largest absolute Gasteiger partial charge is 0.396 e. The van der Waals surface area contributed by atoms with Gasteiger partial charge in [-0.3, -0.25) is 0 Å². The summed E-state index contributed by atoms with van der Waals surface area (Å²) in [4.78, 5) is 0. The van der Waals surface area contributed by atoms with Crippen LogP contribution in [-0.4, -0.2) is 30.5 Å². The number of nitrogens with two attached hydrogens (primary N) is 1. The zero-order valence-electron chi connectivity index (χ0n) is 9.00. The van der Waals surface area contributed by atoms with E-state index in [-0.39, 0.29) is 12.1 Å². The SMILES string of the molecule is NC1(COCCCO)CCCCCC1. The monoisotopic (exact) mass is 201 g/mol. The van der Waals surface area contributed by atoms with Gasteiger partial charge in [-0.15, -0.1) is 0 Å². The highest BCUT2D eigenvalue weighted by molar-refractivity contribution is 4.85. The van der Waals surface area contributed by atoms with Crippen LogP contribution in [0, 0.1) is 0 Å². The molecule has 1 rings (SSSR count). The van der Waals surface area contributed by atoms with E-state index in [0.29, 0.717) is 13.2 Å². The first-order chi connectivity index (χ1) is 6.77. The number of ether oxygens (including phenoxy) is 1. The highest BCUT2D eigenvalue weighted by Crippen LogP contribution is 2.25. The molecule has 0 atom stereocenters. The van der Waals surface area contributed by atoms with Gasteiger partial charge in [0.1, 0.15) is 0 Å². The Bertz CT molecular complexity index is 142. The van der Waals surface area contributed by atoms with Crippen molar-refractivity contribution in [2.75, 3.05) is 19.8 Å². The van der Waals surface area contributed by atoms with E-state index in [1.54, 1.807) is 0 Å². The van der Waals surface area contributed by atoms with Crippen LogP contribution in [0.15, 0.2) is 0 Å². The summed E-state index contributed by atoms with van der Waals surface area (Å²) in [6.45, 7) is 1.50. The predicted molar refractivity (Wildman–Crippen MR) is 57.1 cm³/mol. The minimum absolute atomic E-state index is 0.0913. The van der Waals surface area contributed by atoms with Crippen LogP contribution in [0.3, 0.4) is 0 Å². The topological polar surface area (TPSA) is 55.5 Å². The van der Waals surface area contributed by atoms with Crippen LogP contribution >= 0.6 is 0 Å². The Morgan fingerprint density at radius 3 is 2.36 bits per heavy atom. The van der Waals surface area contributed by atoms with Gasteiger partial charge in [-0.1, -0.05) is 25.7 Å². The molecule has 0 saturated heterocycles. The van der Waals surface area contributed by atoms with Crippen LogP contribution < -0.4 is 5.73 Å². The molecule has 0 aromatic carbocycles. The zero-order valence-corrected chi connectivity index (χ0v) is 9.00. The van der Waals surface area contributed by atoms with Gasteiger partial charge in [0.05, 0.1) is 6.61 Å². The number of hydrogen-bond acceptors (Lipinski definition) is 3. The second-order valence-corrected chi connectivity index (χ2v) is 4.41. The van der Waals surface area contributed by atoms with E-state index in [1.807, 2.05) is 0 Å². The van der Waals surface area contributed by atoms with E-state index >= 15 is 0 Å². The summed E-state index contributed by atoms with van der Waals surface area (Å²) in [6.07, 6.45) is 8.00. The predicted octanol–water partition coefficient (Wildman–Crippen LogP) is 1.44. The average Bonchev–Trinajstić information content (AvgIpc) is 2.39. The molecule has 3 nitrogen and oxygen atoms in total. The van der Waals surface area contributed by atoms with Crippen molar-refractivity contribution in [3.8, 4) is 0 Å². The summed E-state index contributed by atoms with van der Waals surface area (Å²) in [7, 11) is 0. The minimum atomic E-state index is -0.0913. The quantitative estimate of drug-likeness (QED) is 0.522. The molecule has 0 unspecified atom stereocenters. The van der Waals surface area contributed by atoms with Crippen LogP contribution in [0.2, 0.25) is 0 Å². The molecule has 0 aliphatic heterocycles. The lowest BCUT2D eigenvalue weighted by Crippen LogP contribution is -2.44. The first-order valence-corrected chi connectivity index (χ1v) is 5.74. The summed E-state index contributed by atoms with van der Waals surface area (Å²) >= 11 is 0. The second-order valence-electron chi connectivity index (χ2n) is 4.41. The Morgan fingerprint density at radius 2 is 1.79 bits per heavy atom. The van der Waals surface area contributed by atoms with Gasteiger partial charge in [-0.05, 0) is 19.3 Å². The van der Waals surface area contributed by atoms with E-state index in [4.69, 9.17) is 15.6 Å². The lowest BCUT2D eigenvalue weighted by Gasteiger charge is -2.27. The normalized spacial score (nSPS) is 21.9. The fourth-order valence-corrected chi connectivity index (χ4v) is 2.02. The molecule has 84 valence electrons. The molecular weight excluding hydrogens is 178 g/mol. The third-order valence-electron chi connectivity index (χ3n) is 2.94. The van der Waals surface area contributed by atoms with Crippen molar-refractivity contribution in [3.05, 3.63) is 0 Å². The average molecular weight is 201 g/mol. The van der Waals surface area contributed by atoms with Gasteiger partial charge in [0.2, 0.25) is 0 Å². The fourth-order valence-electron chi connectivity index (χ4n) is 2.02. The van der Waals surface area contributed by atoms with Crippen molar-refractivity contribution < 1.29 is 9.84 Å². The summed E-state index contributed by atoms with van der Waals surface area (Å²) in [6, 6.07) is 0. The summed E-state index contributed by atoms with van der Waals surface area (Å²) in [5.74, 6) is 0. The van der Waals surface area contributed by atoms with E-state index in [9.17, 15) is 0 Å². The smallest absolute Gasteiger partial charge is 0.0646 e. The molecule has 0 aromatic rings. The van der Waals surface area contributed by atoms with Gasteiger partial charge in [0, 0.05) is 18.8 Å². The molecule has 0 spiro atoms. The van der Waals surface area contributed by atoms with Crippen molar-refractivity contribution in [2.24, 2.45) is 5.73 Å². The van der Waals surface area contributed by atoms with Gasteiger partial charge < -0.3 is 15.6 Å². The molecule has 1 aliphatic rings. The van der Waals surface area contributed by atoms with E-state index in [1.165, 1.54) is 25.7 Å². The molecule has 3 N–H and O–H groups in total. The van der Waals surface area contributed by atoms with Crippen molar-refractivity contribution in [2.45, 2.75) is 50.5 Å². The number of rotatable bonds is 5. The Kier molecular flexibility index (Phi) is 5.45. The van der Waals surface area contributed by atoms with Gasteiger partial charge in [0.25, 0.3) is 0 Å². The Labute approximate surface area is 86.6 Å². The van der Waals surface area contributed by atoms with Crippen LogP contribution in [0.1, 0.15) is 44.9 Å². The molecule has 0 amide bonds. The maximum Gasteiger partial charge on any atom is 0.0646 e.